The van der Waals surface area contributed by atoms with Crippen molar-refractivity contribution < 1.29 is 4.74 Å². The lowest BCUT2D eigenvalue weighted by molar-refractivity contribution is -0.00688. The van der Waals surface area contributed by atoms with E-state index in [1.165, 1.54) is 31.2 Å². The topological polar surface area (TPSA) is 34.1 Å². The first kappa shape index (κ1) is 15.5. The van der Waals surface area contributed by atoms with Gasteiger partial charge in [-0.25, -0.2) is 0 Å². The smallest absolute Gasteiger partial charge is 0.0891 e. The highest BCUT2D eigenvalue weighted by Gasteiger charge is 2.27. The maximum Gasteiger partial charge on any atom is 0.0891 e. The van der Waals surface area contributed by atoms with Crippen LogP contribution in [0.5, 0.6) is 0 Å². The summed E-state index contributed by atoms with van der Waals surface area (Å²) in [6, 6.07) is 4.22. The van der Waals surface area contributed by atoms with Crippen molar-refractivity contribution in [3.63, 3.8) is 0 Å². The minimum absolute atomic E-state index is 0.422. The van der Waals surface area contributed by atoms with Crippen molar-refractivity contribution in [3.05, 3.63) is 29.6 Å². The van der Waals surface area contributed by atoms with Gasteiger partial charge in [0, 0.05) is 12.7 Å². The van der Waals surface area contributed by atoms with E-state index in [-0.39, 0.29) is 0 Å². The Balaban J connectivity index is 1.74. The molecule has 0 radical (unpaired) electrons. The number of nitrogens with zero attached hydrogens (tertiary/aromatic N) is 1. The van der Waals surface area contributed by atoms with E-state index in [2.05, 4.69) is 43.2 Å². The molecule has 1 aliphatic rings. The van der Waals surface area contributed by atoms with Crippen LogP contribution in [-0.4, -0.2) is 17.6 Å². The summed E-state index contributed by atoms with van der Waals surface area (Å²) in [6.07, 6.45) is 7.29. The molecule has 0 atom stereocenters. The fourth-order valence-corrected chi connectivity index (χ4v) is 2.66. The lowest BCUT2D eigenvalue weighted by atomic mass is 9.76. The van der Waals surface area contributed by atoms with Crippen LogP contribution in [0, 0.1) is 5.41 Å². The Kier molecular flexibility index (Phi) is 5.55. The summed E-state index contributed by atoms with van der Waals surface area (Å²) in [6.45, 7) is 9.35. The molecule has 0 bridgehead atoms. The number of hydrogen-bond donors (Lipinski definition) is 1. The predicted octanol–water partition coefficient (Wildman–Crippen LogP) is 3.68. The molecule has 1 N–H and O–H groups in total. The molecule has 1 saturated carbocycles. The molecule has 0 aliphatic heterocycles. The van der Waals surface area contributed by atoms with Crippen LogP contribution in [0.15, 0.2) is 18.3 Å². The van der Waals surface area contributed by atoms with Gasteiger partial charge in [0.15, 0.2) is 0 Å². The fourth-order valence-electron chi connectivity index (χ4n) is 2.66. The van der Waals surface area contributed by atoms with Crippen LogP contribution in [-0.2, 0) is 17.9 Å². The van der Waals surface area contributed by atoms with E-state index >= 15 is 0 Å². The largest absolute Gasteiger partial charge is 0.372 e. The van der Waals surface area contributed by atoms with E-state index in [1.54, 1.807) is 0 Å². The molecule has 3 heteroatoms. The van der Waals surface area contributed by atoms with Gasteiger partial charge in [-0.2, -0.15) is 0 Å². The summed E-state index contributed by atoms with van der Waals surface area (Å²) in [7, 11) is 0. The van der Waals surface area contributed by atoms with Gasteiger partial charge in [-0.1, -0.05) is 26.8 Å². The van der Waals surface area contributed by atoms with Gasteiger partial charge in [0.25, 0.3) is 0 Å². The molecule has 1 aromatic rings. The first-order valence-corrected chi connectivity index (χ1v) is 7.85. The number of ether oxygens (including phenoxy) is 1. The van der Waals surface area contributed by atoms with Gasteiger partial charge in [0.1, 0.15) is 0 Å². The van der Waals surface area contributed by atoms with Crippen molar-refractivity contribution in [3.8, 4) is 0 Å². The molecule has 2 rings (SSSR count). The maximum absolute atomic E-state index is 6.01. The summed E-state index contributed by atoms with van der Waals surface area (Å²) < 4.78 is 6.01. The van der Waals surface area contributed by atoms with Gasteiger partial charge in [-0.05, 0) is 49.3 Å². The Bertz CT molecular complexity index is 390. The lowest BCUT2D eigenvalue weighted by Gasteiger charge is -2.34. The normalized spacial score (nSPS) is 19.1. The van der Waals surface area contributed by atoms with Crippen molar-refractivity contribution in [1.82, 2.24) is 10.3 Å². The van der Waals surface area contributed by atoms with E-state index in [0.717, 1.165) is 18.8 Å². The zero-order valence-corrected chi connectivity index (χ0v) is 13.1. The Hall–Kier alpha value is -0.930. The van der Waals surface area contributed by atoms with E-state index in [4.69, 9.17) is 4.74 Å². The van der Waals surface area contributed by atoms with Crippen LogP contribution in [0.2, 0.25) is 0 Å². The van der Waals surface area contributed by atoms with Crippen molar-refractivity contribution in [2.24, 2.45) is 5.41 Å². The van der Waals surface area contributed by atoms with Gasteiger partial charge in [0.2, 0.25) is 0 Å². The fraction of sp³-hybridized carbons (Fsp3) is 0.706. The minimum Gasteiger partial charge on any atom is -0.372 e. The van der Waals surface area contributed by atoms with Gasteiger partial charge >= 0.3 is 0 Å². The predicted molar refractivity (Wildman–Crippen MR) is 82.4 cm³/mol. The molecule has 0 unspecified atom stereocenters. The Morgan fingerprint density at radius 2 is 2.05 bits per heavy atom. The number of pyridine rings is 1. The minimum atomic E-state index is 0.422. The third-order valence-electron chi connectivity index (χ3n) is 4.22. The zero-order chi connectivity index (χ0) is 14.4. The quantitative estimate of drug-likeness (QED) is 0.860. The van der Waals surface area contributed by atoms with Crippen molar-refractivity contribution >= 4 is 0 Å². The van der Waals surface area contributed by atoms with Gasteiger partial charge in [-0.3, -0.25) is 4.98 Å². The van der Waals surface area contributed by atoms with Crippen molar-refractivity contribution in [2.75, 3.05) is 6.54 Å². The van der Waals surface area contributed by atoms with Crippen LogP contribution in [0.4, 0.5) is 0 Å². The molecule has 1 aromatic heterocycles. The first-order chi connectivity index (χ1) is 9.59. The van der Waals surface area contributed by atoms with Crippen LogP contribution < -0.4 is 5.32 Å². The molecule has 0 amide bonds. The molecule has 1 aliphatic carbocycles. The third kappa shape index (κ3) is 4.88. The van der Waals surface area contributed by atoms with E-state index in [9.17, 15) is 0 Å². The second kappa shape index (κ2) is 7.19. The maximum atomic E-state index is 6.01. The molecular formula is C17H28N2O. The van der Waals surface area contributed by atoms with Crippen LogP contribution >= 0.6 is 0 Å². The van der Waals surface area contributed by atoms with E-state index < -0.39 is 0 Å². The van der Waals surface area contributed by atoms with Gasteiger partial charge in [-0.15, -0.1) is 0 Å². The van der Waals surface area contributed by atoms with E-state index in [0.29, 0.717) is 18.1 Å². The van der Waals surface area contributed by atoms with Gasteiger partial charge < -0.3 is 10.1 Å². The lowest BCUT2D eigenvalue weighted by Crippen LogP contribution is -2.26. The van der Waals surface area contributed by atoms with Crippen molar-refractivity contribution in [1.29, 1.82) is 0 Å². The average molecular weight is 276 g/mol. The molecule has 0 spiro atoms. The summed E-state index contributed by atoms with van der Waals surface area (Å²) in [5, 5.41) is 3.30. The van der Waals surface area contributed by atoms with Crippen LogP contribution in [0.1, 0.15) is 57.7 Å². The molecule has 0 saturated heterocycles. The molecule has 3 nitrogen and oxygen atoms in total. The standard InChI is InChI=1S/C17H28N2O/c1-4-18-11-14-5-6-15(19-12-14)13-20-16-7-9-17(2,3)10-8-16/h5-6,12,16,18H,4,7-11,13H2,1-3H3. The highest BCUT2D eigenvalue weighted by molar-refractivity contribution is 5.13. The number of hydrogen-bond acceptors (Lipinski definition) is 3. The van der Waals surface area contributed by atoms with Gasteiger partial charge in [0.05, 0.1) is 18.4 Å². The Morgan fingerprint density at radius 3 is 2.65 bits per heavy atom. The molecule has 112 valence electrons. The number of nitrogens with one attached hydrogen (secondary N) is 1. The molecule has 1 heterocycles. The molecule has 20 heavy (non-hydrogen) atoms. The average Bonchev–Trinajstić information content (AvgIpc) is 2.45. The second-order valence-corrected chi connectivity index (χ2v) is 6.61. The third-order valence-corrected chi connectivity index (χ3v) is 4.22. The van der Waals surface area contributed by atoms with Crippen LogP contribution in [0.25, 0.3) is 0 Å². The van der Waals surface area contributed by atoms with Crippen LogP contribution in [0.3, 0.4) is 0 Å². The molecule has 1 fully saturated rings. The highest BCUT2D eigenvalue weighted by Crippen LogP contribution is 2.36. The zero-order valence-electron chi connectivity index (χ0n) is 13.1. The number of aromatic nitrogens is 1. The second-order valence-electron chi connectivity index (χ2n) is 6.61. The summed E-state index contributed by atoms with van der Waals surface area (Å²) in [4.78, 5) is 4.48. The summed E-state index contributed by atoms with van der Waals surface area (Å²) in [5.74, 6) is 0. The first-order valence-electron chi connectivity index (χ1n) is 7.85. The Labute approximate surface area is 123 Å². The molecular weight excluding hydrogens is 248 g/mol. The monoisotopic (exact) mass is 276 g/mol. The summed E-state index contributed by atoms with van der Waals surface area (Å²) in [5.41, 5.74) is 2.77. The SMILES string of the molecule is CCNCc1ccc(COC2CCC(C)(C)CC2)nc1. The number of rotatable bonds is 6. The summed E-state index contributed by atoms with van der Waals surface area (Å²) >= 11 is 0. The van der Waals surface area contributed by atoms with Crippen molar-refractivity contribution in [2.45, 2.75) is 65.7 Å². The van der Waals surface area contributed by atoms with E-state index in [1.807, 2.05) is 6.20 Å². The Morgan fingerprint density at radius 1 is 1.30 bits per heavy atom. The molecule has 0 aromatic carbocycles. The highest BCUT2D eigenvalue weighted by atomic mass is 16.5.